The van der Waals surface area contributed by atoms with Crippen LogP contribution in [-0.2, 0) is 9.47 Å². The first kappa shape index (κ1) is 8.31. The molecule has 1 unspecified atom stereocenters. The van der Waals surface area contributed by atoms with Crippen LogP contribution >= 0.6 is 11.6 Å². The third-order valence-corrected chi connectivity index (χ3v) is 2.18. The summed E-state index contributed by atoms with van der Waals surface area (Å²) >= 11 is 5.85. The van der Waals surface area contributed by atoms with Crippen molar-refractivity contribution < 1.29 is 9.47 Å². The lowest BCUT2D eigenvalue weighted by atomic mass is 10.2. The average Bonchev–Trinajstić information content (AvgIpc) is 1.89. The summed E-state index contributed by atoms with van der Waals surface area (Å²) in [4.78, 5) is 0. The first-order valence-corrected chi connectivity index (χ1v) is 4.01. The van der Waals surface area contributed by atoms with Gasteiger partial charge in [-0.2, -0.15) is 0 Å². The topological polar surface area (TPSA) is 18.5 Å². The zero-order valence-electron chi connectivity index (χ0n) is 6.39. The van der Waals surface area contributed by atoms with Crippen LogP contribution in [0.4, 0.5) is 0 Å². The van der Waals surface area contributed by atoms with Crippen LogP contribution in [0, 0.1) is 0 Å². The molecule has 0 aliphatic carbocycles. The fraction of sp³-hybridized carbons (Fsp3) is 1.00. The molecule has 1 heterocycles. The second-order valence-electron chi connectivity index (χ2n) is 2.68. The molecule has 0 aromatic carbocycles. The van der Waals surface area contributed by atoms with Crippen LogP contribution in [0.1, 0.15) is 20.3 Å². The Bertz CT molecular complexity index is 108. The van der Waals surface area contributed by atoms with Crippen molar-refractivity contribution in [1.29, 1.82) is 0 Å². The van der Waals surface area contributed by atoms with E-state index in [0.29, 0.717) is 0 Å². The molecule has 0 N–H and O–H groups in total. The molecule has 1 aliphatic heterocycles. The van der Waals surface area contributed by atoms with E-state index in [1.165, 1.54) is 0 Å². The first-order chi connectivity index (χ1) is 4.65. The van der Waals surface area contributed by atoms with Crippen molar-refractivity contribution >= 4 is 11.6 Å². The minimum atomic E-state index is -0.556. The fourth-order valence-corrected chi connectivity index (χ4v) is 1.01. The molecule has 1 atom stereocenters. The molecule has 0 aromatic rings. The molecule has 3 heteroatoms. The Hall–Kier alpha value is 0.210. The normalized spacial score (nSPS) is 27.9. The molecular formula is C7H13ClO2. The quantitative estimate of drug-likeness (QED) is 0.550. The lowest BCUT2D eigenvalue weighted by molar-refractivity contribution is -0.254. The summed E-state index contributed by atoms with van der Waals surface area (Å²) in [7, 11) is 0. The Morgan fingerprint density at radius 3 is 2.20 bits per heavy atom. The second-order valence-corrected chi connectivity index (χ2v) is 3.34. The van der Waals surface area contributed by atoms with Gasteiger partial charge in [-0.25, -0.2) is 0 Å². The highest BCUT2D eigenvalue weighted by atomic mass is 35.5. The van der Waals surface area contributed by atoms with E-state index in [4.69, 9.17) is 21.1 Å². The SMILES string of the molecule is CC(Cl)C1(C)OCCCO1. The van der Waals surface area contributed by atoms with Crippen molar-refractivity contribution in [3.63, 3.8) is 0 Å². The highest BCUT2D eigenvalue weighted by Gasteiger charge is 2.33. The monoisotopic (exact) mass is 164 g/mol. The van der Waals surface area contributed by atoms with Gasteiger partial charge in [0, 0.05) is 0 Å². The van der Waals surface area contributed by atoms with Gasteiger partial charge in [0.25, 0.3) is 0 Å². The summed E-state index contributed by atoms with van der Waals surface area (Å²) in [6.07, 6.45) is 0.971. The third-order valence-electron chi connectivity index (χ3n) is 1.79. The Balaban J connectivity index is 2.48. The van der Waals surface area contributed by atoms with Crippen LogP contribution in [0.5, 0.6) is 0 Å². The fourth-order valence-electron chi connectivity index (χ4n) is 0.880. The lowest BCUT2D eigenvalue weighted by Gasteiger charge is -2.35. The first-order valence-electron chi connectivity index (χ1n) is 3.57. The molecule has 0 saturated carbocycles. The average molecular weight is 165 g/mol. The van der Waals surface area contributed by atoms with E-state index in [1.54, 1.807) is 0 Å². The lowest BCUT2D eigenvalue weighted by Crippen LogP contribution is -2.44. The van der Waals surface area contributed by atoms with E-state index in [1.807, 2.05) is 13.8 Å². The molecular weight excluding hydrogens is 152 g/mol. The van der Waals surface area contributed by atoms with E-state index in [0.717, 1.165) is 19.6 Å². The minimum absolute atomic E-state index is 0.0900. The summed E-state index contributed by atoms with van der Waals surface area (Å²) in [5, 5.41) is -0.0900. The van der Waals surface area contributed by atoms with Gasteiger partial charge in [-0.3, -0.25) is 0 Å². The summed E-state index contributed by atoms with van der Waals surface area (Å²) in [5.74, 6) is -0.556. The zero-order valence-corrected chi connectivity index (χ0v) is 7.15. The molecule has 10 heavy (non-hydrogen) atoms. The van der Waals surface area contributed by atoms with E-state index in [-0.39, 0.29) is 5.38 Å². The Kier molecular flexibility index (Phi) is 2.55. The number of halogens is 1. The molecule has 60 valence electrons. The highest BCUT2D eigenvalue weighted by molar-refractivity contribution is 6.21. The molecule has 1 aliphatic rings. The maximum absolute atomic E-state index is 5.85. The largest absolute Gasteiger partial charge is 0.349 e. The van der Waals surface area contributed by atoms with Gasteiger partial charge in [-0.1, -0.05) is 0 Å². The third kappa shape index (κ3) is 1.62. The van der Waals surface area contributed by atoms with Crippen molar-refractivity contribution in [2.45, 2.75) is 31.4 Å². The summed E-state index contributed by atoms with van der Waals surface area (Å²) in [6.45, 7) is 5.28. The van der Waals surface area contributed by atoms with Crippen LogP contribution in [-0.4, -0.2) is 24.4 Å². The van der Waals surface area contributed by atoms with Gasteiger partial charge in [0.15, 0.2) is 5.79 Å². The van der Waals surface area contributed by atoms with E-state index >= 15 is 0 Å². The van der Waals surface area contributed by atoms with E-state index in [2.05, 4.69) is 0 Å². The summed E-state index contributed by atoms with van der Waals surface area (Å²) in [5.41, 5.74) is 0. The Morgan fingerprint density at radius 2 is 1.90 bits per heavy atom. The predicted octanol–water partition coefficient (Wildman–Crippen LogP) is 1.77. The number of hydrogen-bond acceptors (Lipinski definition) is 2. The summed E-state index contributed by atoms with van der Waals surface area (Å²) in [6, 6.07) is 0. The van der Waals surface area contributed by atoms with Crippen molar-refractivity contribution in [3.05, 3.63) is 0 Å². The maximum atomic E-state index is 5.85. The zero-order chi connectivity index (χ0) is 7.61. The van der Waals surface area contributed by atoms with Crippen molar-refractivity contribution in [2.24, 2.45) is 0 Å². The molecule has 1 fully saturated rings. The van der Waals surface area contributed by atoms with Gasteiger partial charge in [-0.05, 0) is 20.3 Å². The van der Waals surface area contributed by atoms with Crippen LogP contribution in [0.25, 0.3) is 0 Å². The van der Waals surface area contributed by atoms with E-state index < -0.39 is 5.79 Å². The van der Waals surface area contributed by atoms with Crippen LogP contribution in [0.15, 0.2) is 0 Å². The number of hydrogen-bond donors (Lipinski definition) is 0. The molecule has 1 rings (SSSR count). The predicted molar refractivity (Wildman–Crippen MR) is 40.2 cm³/mol. The van der Waals surface area contributed by atoms with Crippen molar-refractivity contribution in [1.82, 2.24) is 0 Å². The molecule has 0 aromatic heterocycles. The number of alkyl halides is 1. The standard InChI is InChI=1S/C7H13ClO2/c1-6(8)7(2)9-4-3-5-10-7/h6H,3-5H2,1-2H3. The molecule has 0 bridgehead atoms. The van der Waals surface area contributed by atoms with Gasteiger partial charge in [0.2, 0.25) is 0 Å². The van der Waals surface area contributed by atoms with Crippen LogP contribution in [0.2, 0.25) is 0 Å². The smallest absolute Gasteiger partial charge is 0.181 e. The molecule has 0 radical (unpaired) electrons. The van der Waals surface area contributed by atoms with Crippen molar-refractivity contribution in [2.75, 3.05) is 13.2 Å². The van der Waals surface area contributed by atoms with Gasteiger partial charge >= 0.3 is 0 Å². The van der Waals surface area contributed by atoms with E-state index in [9.17, 15) is 0 Å². The van der Waals surface area contributed by atoms with Gasteiger partial charge in [0.1, 0.15) is 0 Å². The van der Waals surface area contributed by atoms with Gasteiger partial charge in [0.05, 0.1) is 18.6 Å². The van der Waals surface area contributed by atoms with Gasteiger partial charge < -0.3 is 9.47 Å². The molecule has 2 nitrogen and oxygen atoms in total. The molecule has 0 amide bonds. The maximum Gasteiger partial charge on any atom is 0.181 e. The Labute approximate surface area is 66.5 Å². The van der Waals surface area contributed by atoms with Gasteiger partial charge in [-0.15, -0.1) is 11.6 Å². The minimum Gasteiger partial charge on any atom is -0.349 e. The van der Waals surface area contributed by atoms with Crippen LogP contribution in [0.3, 0.4) is 0 Å². The Morgan fingerprint density at radius 1 is 1.40 bits per heavy atom. The molecule has 0 spiro atoms. The second kappa shape index (κ2) is 3.07. The highest BCUT2D eigenvalue weighted by Crippen LogP contribution is 2.25. The molecule has 1 saturated heterocycles. The van der Waals surface area contributed by atoms with Crippen molar-refractivity contribution in [3.8, 4) is 0 Å². The number of ether oxygens (including phenoxy) is 2. The number of rotatable bonds is 1. The van der Waals surface area contributed by atoms with Crippen LogP contribution < -0.4 is 0 Å². The summed E-state index contributed by atoms with van der Waals surface area (Å²) < 4.78 is 10.7.